The van der Waals surface area contributed by atoms with Crippen LogP contribution in [0.4, 0.5) is 0 Å². The lowest BCUT2D eigenvalue weighted by Crippen LogP contribution is -2.46. The molecular weight excluding hydrogens is 475 g/mol. The van der Waals surface area contributed by atoms with Crippen LogP contribution in [0.2, 0.25) is 10.0 Å². The fourth-order valence-electron chi connectivity index (χ4n) is 3.55. The number of amides is 1. The molecule has 0 radical (unpaired) electrons. The molecule has 33 heavy (non-hydrogen) atoms. The summed E-state index contributed by atoms with van der Waals surface area (Å²) in [6.07, 6.45) is 3.37. The van der Waals surface area contributed by atoms with Gasteiger partial charge < -0.3 is 20.3 Å². The number of aromatic amines is 1. The molecule has 0 aliphatic heterocycles. The molecule has 0 spiro atoms. The van der Waals surface area contributed by atoms with E-state index in [1.54, 1.807) is 0 Å². The molecule has 0 bridgehead atoms. The van der Waals surface area contributed by atoms with Gasteiger partial charge in [-0.3, -0.25) is 14.6 Å². The summed E-state index contributed by atoms with van der Waals surface area (Å²) in [6.45, 7) is 0. The van der Waals surface area contributed by atoms with Crippen LogP contribution in [0.15, 0.2) is 46.1 Å². The second kappa shape index (κ2) is 8.89. The third kappa shape index (κ3) is 4.87. The van der Waals surface area contributed by atoms with E-state index in [0.29, 0.717) is 12.8 Å². The maximum absolute atomic E-state index is 12.6. The highest BCUT2D eigenvalue weighted by Crippen LogP contribution is 2.39. The Morgan fingerprint density at radius 2 is 1.82 bits per heavy atom. The summed E-state index contributed by atoms with van der Waals surface area (Å²) >= 11 is 12.6. The molecule has 1 saturated carbocycles. The van der Waals surface area contributed by atoms with E-state index in [-0.39, 0.29) is 38.5 Å². The number of H-pyrrole nitrogens is 1. The van der Waals surface area contributed by atoms with Crippen LogP contribution < -0.4 is 21.3 Å². The molecule has 1 fully saturated rings. The van der Waals surface area contributed by atoms with Crippen LogP contribution in [0.3, 0.4) is 0 Å². The van der Waals surface area contributed by atoms with Crippen molar-refractivity contribution in [3.63, 3.8) is 0 Å². The van der Waals surface area contributed by atoms with E-state index >= 15 is 0 Å². The Hall–Kier alpha value is -3.34. The molecule has 0 saturated heterocycles. The first-order valence-electron chi connectivity index (χ1n) is 9.89. The van der Waals surface area contributed by atoms with Crippen LogP contribution in [0.1, 0.15) is 36.0 Å². The topological polar surface area (TPSA) is 147 Å². The van der Waals surface area contributed by atoms with E-state index in [4.69, 9.17) is 27.9 Å². The fraction of sp³-hybridized carbons (Fsp3) is 0.238. The van der Waals surface area contributed by atoms with Gasteiger partial charge in [-0.05, 0) is 56.0 Å². The standard InChI is InChI=1S/C21H18Cl2N4O6/c22-14-7-11(27-20(31)25-17(29)10-24-27)8-15(23)18(14)33-12-3-4-16(28)13(9-12)19(30)26-21(32)5-1-2-6-21/h3-4,7-10,28,32H,1-2,5-6H2,(H,26,30)(H,25,29,31). The summed E-state index contributed by atoms with van der Waals surface area (Å²) in [5, 5.41) is 26.9. The lowest BCUT2D eigenvalue weighted by molar-refractivity contribution is 0.0134. The van der Waals surface area contributed by atoms with Crippen molar-refractivity contribution < 1.29 is 19.7 Å². The number of aromatic hydroxyl groups is 1. The fourth-order valence-corrected chi connectivity index (χ4v) is 4.10. The van der Waals surface area contributed by atoms with E-state index in [1.807, 2.05) is 0 Å². The predicted molar refractivity (Wildman–Crippen MR) is 120 cm³/mol. The van der Waals surface area contributed by atoms with E-state index in [0.717, 1.165) is 23.7 Å². The Balaban J connectivity index is 1.61. The Kier molecular flexibility index (Phi) is 6.15. The number of aromatic nitrogens is 3. The van der Waals surface area contributed by atoms with Crippen LogP contribution in [-0.2, 0) is 0 Å². The lowest BCUT2D eigenvalue weighted by atomic mass is 10.1. The summed E-state index contributed by atoms with van der Waals surface area (Å²) in [4.78, 5) is 37.9. The number of phenolic OH excluding ortho intramolecular Hbond substituents is 1. The highest BCUT2D eigenvalue weighted by Gasteiger charge is 2.33. The highest BCUT2D eigenvalue weighted by atomic mass is 35.5. The second-order valence-corrected chi connectivity index (χ2v) is 8.38. The number of hydrogen-bond acceptors (Lipinski definition) is 7. The first kappa shape index (κ1) is 22.8. The van der Waals surface area contributed by atoms with Crippen LogP contribution in [0.5, 0.6) is 17.2 Å². The number of hydrogen-bond donors (Lipinski definition) is 4. The molecule has 1 amide bonds. The summed E-state index contributed by atoms with van der Waals surface area (Å²) in [7, 11) is 0. The second-order valence-electron chi connectivity index (χ2n) is 7.56. The minimum absolute atomic E-state index is 0.0248. The van der Waals surface area contributed by atoms with Crippen molar-refractivity contribution in [3.8, 4) is 22.9 Å². The van der Waals surface area contributed by atoms with Gasteiger partial charge in [-0.15, -0.1) is 0 Å². The maximum atomic E-state index is 12.6. The quantitative estimate of drug-likeness (QED) is 0.400. The molecule has 1 aliphatic rings. The molecule has 4 N–H and O–H groups in total. The van der Waals surface area contributed by atoms with Gasteiger partial charge in [0.25, 0.3) is 11.5 Å². The Morgan fingerprint density at radius 3 is 2.45 bits per heavy atom. The number of carbonyl (C=O) groups excluding carboxylic acids is 1. The van der Waals surface area contributed by atoms with Gasteiger partial charge in [0.1, 0.15) is 23.4 Å². The van der Waals surface area contributed by atoms with Crippen molar-refractivity contribution in [2.24, 2.45) is 0 Å². The van der Waals surface area contributed by atoms with Crippen molar-refractivity contribution in [1.29, 1.82) is 0 Å². The number of nitrogens with zero attached hydrogens (tertiary/aromatic N) is 2. The average Bonchev–Trinajstić information content (AvgIpc) is 3.17. The average molecular weight is 493 g/mol. The summed E-state index contributed by atoms with van der Waals surface area (Å²) in [6, 6.07) is 6.68. The summed E-state index contributed by atoms with van der Waals surface area (Å²) in [5.74, 6) is -0.769. The monoisotopic (exact) mass is 492 g/mol. The van der Waals surface area contributed by atoms with Gasteiger partial charge in [-0.25, -0.2) is 4.79 Å². The number of carbonyl (C=O) groups is 1. The molecule has 10 nitrogen and oxygen atoms in total. The van der Waals surface area contributed by atoms with Gasteiger partial charge in [0.15, 0.2) is 5.75 Å². The third-order valence-electron chi connectivity index (χ3n) is 5.15. The summed E-state index contributed by atoms with van der Waals surface area (Å²) in [5.41, 5.74) is -2.65. The molecular formula is C21H18Cl2N4O6. The van der Waals surface area contributed by atoms with Gasteiger partial charge in [0.05, 0.1) is 21.3 Å². The molecule has 12 heteroatoms. The van der Waals surface area contributed by atoms with Gasteiger partial charge in [0, 0.05) is 0 Å². The van der Waals surface area contributed by atoms with Gasteiger partial charge in [0.2, 0.25) is 0 Å². The molecule has 0 atom stereocenters. The van der Waals surface area contributed by atoms with Crippen molar-refractivity contribution in [2.45, 2.75) is 31.4 Å². The van der Waals surface area contributed by atoms with E-state index in [2.05, 4.69) is 15.4 Å². The minimum Gasteiger partial charge on any atom is -0.507 e. The van der Waals surface area contributed by atoms with Crippen molar-refractivity contribution in [2.75, 3.05) is 0 Å². The lowest BCUT2D eigenvalue weighted by Gasteiger charge is -2.24. The number of phenols is 1. The minimum atomic E-state index is -1.31. The largest absolute Gasteiger partial charge is 0.507 e. The number of ether oxygens (including phenoxy) is 1. The zero-order chi connectivity index (χ0) is 23.8. The smallest absolute Gasteiger partial charge is 0.349 e. The van der Waals surface area contributed by atoms with Gasteiger partial charge >= 0.3 is 5.69 Å². The Labute approximate surface area is 196 Å². The number of aliphatic hydroxyl groups is 1. The van der Waals surface area contributed by atoms with Crippen LogP contribution in [0, 0.1) is 0 Å². The normalized spacial score (nSPS) is 14.8. The van der Waals surface area contributed by atoms with Gasteiger partial charge in [-0.2, -0.15) is 9.78 Å². The summed E-state index contributed by atoms with van der Waals surface area (Å²) < 4.78 is 6.64. The van der Waals surface area contributed by atoms with E-state index < -0.39 is 22.9 Å². The number of halogens is 2. The van der Waals surface area contributed by atoms with E-state index in [9.17, 15) is 24.6 Å². The predicted octanol–water partition coefficient (Wildman–Crippen LogP) is 2.72. The van der Waals surface area contributed by atoms with Crippen molar-refractivity contribution in [1.82, 2.24) is 20.1 Å². The molecule has 1 aliphatic carbocycles. The van der Waals surface area contributed by atoms with Crippen molar-refractivity contribution in [3.05, 3.63) is 73.0 Å². The Morgan fingerprint density at radius 1 is 1.15 bits per heavy atom. The van der Waals surface area contributed by atoms with Crippen LogP contribution in [0.25, 0.3) is 5.69 Å². The molecule has 172 valence electrons. The maximum Gasteiger partial charge on any atom is 0.349 e. The van der Waals surface area contributed by atoms with Crippen molar-refractivity contribution >= 4 is 29.1 Å². The zero-order valence-corrected chi connectivity index (χ0v) is 18.5. The molecule has 1 heterocycles. The number of rotatable bonds is 5. The number of nitrogens with one attached hydrogen (secondary N) is 2. The molecule has 2 aromatic carbocycles. The van der Waals surface area contributed by atoms with Crippen LogP contribution in [-0.4, -0.2) is 36.6 Å². The molecule has 0 unspecified atom stereocenters. The molecule has 4 rings (SSSR count). The Bertz CT molecular complexity index is 1320. The molecule has 1 aromatic heterocycles. The highest BCUT2D eigenvalue weighted by molar-refractivity contribution is 6.37. The first-order chi connectivity index (χ1) is 15.6. The van der Waals surface area contributed by atoms with Gasteiger partial charge in [-0.1, -0.05) is 23.2 Å². The zero-order valence-electron chi connectivity index (χ0n) is 17.0. The molecule has 3 aromatic rings. The SMILES string of the molecule is O=C(NC1(O)CCCC1)c1cc(Oc2c(Cl)cc(-n3ncc(=O)[nH]c3=O)cc2Cl)ccc1O. The third-order valence-corrected chi connectivity index (χ3v) is 5.71. The number of benzene rings is 2. The van der Waals surface area contributed by atoms with E-state index in [1.165, 1.54) is 30.3 Å². The van der Waals surface area contributed by atoms with Crippen LogP contribution >= 0.6 is 23.2 Å². The first-order valence-corrected chi connectivity index (χ1v) is 10.6.